The fraction of sp³-hybridized carbons (Fsp3) is 0.448. The van der Waals surface area contributed by atoms with Gasteiger partial charge < -0.3 is 23.7 Å². The molecule has 4 rings (SSSR count). The first-order chi connectivity index (χ1) is 18.6. The number of benzene rings is 2. The highest BCUT2D eigenvalue weighted by atomic mass is 19.4. The average molecular weight is 548 g/mol. The van der Waals surface area contributed by atoms with Crippen LogP contribution in [0.2, 0.25) is 0 Å². The lowest BCUT2D eigenvalue weighted by atomic mass is 9.95. The van der Waals surface area contributed by atoms with Gasteiger partial charge in [-0.3, -0.25) is 0 Å². The number of oxazole rings is 1. The van der Waals surface area contributed by atoms with Crippen LogP contribution in [0.4, 0.5) is 13.2 Å². The van der Waals surface area contributed by atoms with Crippen LogP contribution in [0.1, 0.15) is 53.8 Å². The topological polar surface area (TPSA) is 91.0 Å². The third kappa shape index (κ3) is 8.14. The second-order valence-electron chi connectivity index (χ2n) is 9.78. The van der Waals surface area contributed by atoms with Crippen LogP contribution >= 0.6 is 0 Å². The molecule has 0 bridgehead atoms. The van der Waals surface area contributed by atoms with Gasteiger partial charge in [-0.1, -0.05) is 29.8 Å². The van der Waals surface area contributed by atoms with Gasteiger partial charge in [0.1, 0.15) is 11.5 Å². The highest BCUT2D eigenvalue weighted by Crippen LogP contribution is 2.30. The average Bonchev–Trinajstić information content (AvgIpc) is 3.27. The summed E-state index contributed by atoms with van der Waals surface area (Å²) in [6, 6.07) is 12.5. The van der Waals surface area contributed by atoms with Crippen molar-refractivity contribution in [2.24, 2.45) is 0 Å². The van der Waals surface area contributed by atoms with E-state index in [0.717, 1.165) is 48.2 Å². The third-order valence-electron chi connectivity index (χ3n) is 6.66. The van der Waals surface area contributed by atoms with E-state index < -0.39 is 23.8 Å². The van der Waals surface area contributed by atoms with Crippen molar-refractivity contribution in [3.05, 3.63) is 76.7 Å². The van der Waals surface area contributed by atoms with Crippen LogP contribution < -0.4 is 0 Å². The summed E-state index contributed by atoms with van der Waals surface area (Å²) in [5.41, 5.74) is 2.16. The highest BCUT2D eigenvalue weighted by Gasteiger charge is 2.31. The number of ether oxygens (including phenoxy) is 3. The Hall–Kier alpha value is -3.21. The molecule has 0 amide bonds. The van der Waals surface area contributed by atoms with Crippen molar-refractivity contribution in [2.75, 3.05) is 6.61 Å². The van der Waals surface area contributed by atoms with Gasteiger partial charge in [-0.15, -0.1) is 0 Å². The lowest BCUT2D eigenvalue weighted by molar-refractivity contribution is -0.159. The molecule has 1 heterocycles. The Labute approximate surface area is 224 Å². The van der Waals surface area contributed by atoms with Crippen LogP contribution in [-0.2, 0) is 38.4 Å². The zero-order valence-electron chi connectivity index (χ0n) is 21.9. The number of aliphatic carboxylic acids is 1. The summed E-state index contributed by atoms with van der Waals surface area (Å²) in [5.74, 6) is -0.00154. The largest absolute Gasteiger partial charge is 0.479 e. The molecule has 1 aliphatic rings. The van der Waals surface area contributed by atoms with Gasteiger partial charge in [0.05, 0.1) is 37.6 Å². The molecule has 10 heteroatoms. The van der Waals surface area contributed by atoms with Crippen molar-refractivity contribution in [3.63, 3.8) is 0 Å². The zero-order chi connectivity index (χ0) is 28.0. The summed E-state index contributed by atoms with van der Waals surface area (Å²) in [4.78, 5) is 16.3. The summed E-state index contributed by atoms with van der Waals surface area (Å²) >= 11 is 0. The molecule has 2 aromatic carbocycles. The number of carboxylic acids is 1. The van der Waals surface area contributed by atoms with E-state index in [1.54, 1.807) is 0 Å². The number of aryl methyl sites for hydroxylation is 2. The molecule has 0 aliphatic heterocycles. The molecule has 1 aromatic heterocycles. The molecular weight excluding hydrogens is 515 g/mol. The number of aromatic nitrogens is 1. The number of rotatable bonds is 11. The minimum Gasteiger partial charge on any atom is -0.479 e. The van der Waals surface area contributed by atoms with Gasteiger partial charge in [0.15, 0.2) is 6.10 Å². The molecule has 7 nitrogen and oxygen atoms in total. The Morgan fingerprint density at radius 2 is 1.82 bits per heavy atom. The standard InChI is InChI=1S/C29H32F3NO6/c1-18-6-3-8-21(12-18)27-33-25(19(2)39-27)16-36-23-10-5-11-24(14-23)37-17-26(28(34)35)38-15-20-7-4-9-22(13-20)29(30,31)32/h3-4,6-9,12-13,23-24,26H,5,10-11,14-17H2,1-2H3,(H,34,35). The molecule has 39 heavy (non-hydrogen) atoms. The van der Waals surface area contributed by atoms with Crippen molar-refractivity contribution in [1.82, 2.24) is 4.98 Å². The molecule has 1 N–H and O–H groups in total. The molecule has 0 spiro atoms. The van der Waals surface area contributed by atoms with Gasteiger partial charge in [-0.25, -0.2) is 9.78 Å². The van der Waals surface area contributed by atoms with Crippen LogP contribution in [-0.4, -0.2) is 41.0 Å². The SMILES string of the molecule is Cc1cccc(-c2nc(COC3CCCC(OCC(OCc4cccc(C(F)(F)F)c4)C(=O)O)C3)c(C)o2)c1. The predicted molar refractivity (Wildman–Crippen MR) is 136 cm³/mol. The van der Waals surface area contributed by atoms with E-state index in [0.29, 0.717) is 18.1 Å². The number of hydrogen-bond donors (Lipinski definition) is 1. The second-order valence-corrected chi connectivity index (χ2v) is 9.78. The van der Waals surface area contributed by atoms with Crippen LogP contribution in [0.3, 0.4) is 0 Å². The van der Waals surface area contributed by atoms with Crippen molar-refractivity contribution < 1.29 is 41.7 Å². The maximum absolute atomic E-state index is 12.9. The van der Waals surface area contributed by atoms with E-state index in [-0.39, 0.29) is 37.6 Å². The van der Waals surface area contributed by atoms with Crippen LogP contribution in [0.5, 0.6) is 0 Å². The van der Waals surface area contributed by atoms with E-state index in [1.807, 2.05) is 38.1 Å². The van der Waals surface area contributed by atoms with Crippen LogP contribution in [0, 0.1) is 13.8 Å². The summed E-state index contributed by atoms with van der Waals surface area (Å²) in [5, 5.41) is 9.53. The molecule has 1 fully saturated rings. The van der Waals surface area contributed by atoms with Crippen LogP contribution in [0.25, 0.3) is 11.5 Å². The van der Waals surface area contributed by atoms with Gasteiger partial charge >= 0.3 is 12.1 Å². The Kier molecular flexibility index (Phi) is 9.42. The minimum atomic E-state index is -4.49. The third-order valence-corrected chi connectivity index (χ3v) is 6.66. The van der Waals surface area contributed by atoms with Gasteiger partial charge in [0.2, 0.25) is 5.89 Å². The lowest BCUT2D eigenvalue weighted by Gasteiger charge is -2.29. The zero-order valence-corrected chi connectivity index (χ0v) is 21.9. The smallest absolute Gasteiger partial charge is 0.416 e. The van der Waals surface area contributed by atoms with Gasteiger partial charge in [0, 0.05) is 5.56 Å². The minimum absolute atomic E-state index is 0.0865. The molecule has 3 atom stereocenters. The lowest BCUT2D eigenvalue weighted by Crippen LogP contribution is -2.34. The summed E-state index contributed by atoms with van der Waals surface area (Å²) < 4.78 is 62.0. The first-order valence-electron chi connectivity index (χ1n) is 12.9. The number of alkyl halides is 3. The fourth-order valence-corrected chi connectivity index (χ4v) is 4.51. The molecule has 1 aliphatic carbocycles. The Bertz CT molecular complexity index is 1260. The molecule has 3 unspecified atom stereocenters. The van der Waals surface area contributed by atoms with Gasteiger partial charge in [-0.2, -0.15) is 13.2 Å². The number of nitrogens with zero attached hydrogens (tertiary/aromatic N) is 1. The fourth-order valence-electron chi connectivity index (χ4n) is 4.51. The van der Waals surface area contributed by atoms with E-state index in [4.69, 9.17) is 18.6 Å². The maximum Gasteiger partial charge on any atom is 0.416 e. The summed E-state index contributed by atoms with van der Waals surface area (Å²) in [6.45, 7) is 3.65. The van der Waals surface area contributed by atoms with E-state index >= 15 is 0 Å². The van der Waals surface area contributed by atoms with Gasteiger partial charge in [-0.05, 0) is 69.4 Å². The maximum atomic E-state index is 12.9. The van der Waals surface area contributed by atoms with Crippen molar-refractivity contribution in [2.45, 2.75) is 77.2 Å². The second kappa shape index (κ2) is 12.8. The highest BCUT2D eigenvalue weighted by molar-refractivity contribution is 5.72. The number of hydrogen-bond acceptors (Lipinski definition) is 6. The summed E-state index contributed by atoms with van der Waals surface area (Å²) in [6.07, 6.45) is -3.07. The Morgan fingerprint density at radius 3 is 2.54 bits per heavy atom. The van der Waals surface area contributed by atoms with Crippen LogP contribution in [0.15, 0.2) is 52.9 Å². The molecule has 210 valence electrons. The van der Waals surface area contributed by atoms with E-state index in [9.17, 15) is 23.1 Å². The van der Waals surface area contributed by atoms with Crippen molar-refractivity contribution in [3.8, 4) is 11.5 Å². The molecule has 3 aromatic rings. The van der Waals surface area contributed by atoms with E-state index in [1.165, 1.54) is 12.1 Å². The normalized spacial score (nSPS) is 18.7. The van der Waals surface area contributed by atoms with E-state index in [2.05, 4.69) is 4.98 Å². The molecule has 0 radical (unpaired) electrons. The molecular formula is C29H32F3NO6. The van der Waals surface area contributed by atoms with Gasteiger partial charge in [0.25, 0.3) is 0 Å². The van der Waals surface area contributed by atoms with Crippen molar-refractivity contribution >= 4 is 5.97 Å². The first-order valence-corrected chi connectivity index (χ1v) is 12.9. The predicted octanol–water partition coefficient (Wildman–Crippen LogP) is 6.49. The Balaban J connectivity index is 1.26. The first kappa shape index (κ1) is 28.8. The monoisotopic (exact) mass is 547 g/mol. The Morgan fingerprint density at radius 1 is 1.08 bits per heavy atom. The molecule has 1 saturated carbocycles. The molecule has 0 saturated heterocycles. The number of carboxylic acid groups (broad SMARTS) is 1. The quantitative estimate of drug-likeness (QED) is 0.293. The number of halogens is 3. The number of carbonyl (C=O) groups is 1. The van der Waals surface area contributed by atoms with Crippen molar-refractivity contribution in [1.29, 1.82) is 0 Å². The summed E-state index contributed by atoms with van der Waals surface area (Å²) in [7, 11) is 0.